The van der Waals surface area contributed by atoms with E-state index in [1.807, 2.05) is 0 Å². The zero-order valence-corrected chi connectivity index (χ0v) is 11.8. The molecule has 0 aromatic heterocycles. The SMILES string of the molecule is CCCCC(CC)COCC(N)C1CCCC1. The summed E-state index contributed by atoms with van der Waals surface area (Å²) < 4.78 is 5.83. The van der Waals surface area contributed by atoms with Crippen molar-refractivity contribution < 1.29 is 4.74 Å². The summed E-state index contributed by atoms with van der Waals surface area (Å²) in [5.41, 5.74) is 6.18. The minimum atomic E-state index is 0.279. The van der Waals surface area contributed by atoms with E-state index in [0.29, 0.717) is 0 Å². The minimum absolute atomic E-state index is 0.279. The van der Waals surface area contributed by atoms with Crippen LogP contribution in [0.3, 0.4) is 0 Å². The fourth-order valence-corrected chi connectivity index (χ4v) is 2.79. The molecule has 2 N–H and O–H groups in total. The third-order valence-corrected chi connectivity index (χ3v) is 4.21. The maximum Gasteiger partial charge on any atom is 0.0620 e. The Kier molecular flexibility index (Phi) is 7.87. The largest absolute Gasteiger partial charge is 0.380 e. The molecule has 0 radical (unpaired) electrons. The van der Waals surface area contributed by atoms with E-state index in [2.05, 4.69) is 13.8 Å². The Morgan fingerprint density at radius 2 is 1.88 bits per heavy atom. The maximum atomic E-state index is 6.18. The molecule has 0 bridgehead atoms. The minimum Gasteiger partial charge on any atom is -0.380 e. The van der Waals surface area contributed by atoms with Crippen molar-refractivity contribution in [2.45, 2.75) is 71.3 Å². The Labute approximate surface area is 107 Å². The fourth-order valence-electron chi connectivity index (χ4n) is 2.79. The molecule has 1 saturated carbocycles. The van der Waals surface area contributed by atoms with Crippen LogP contribution in [0.4, 0.5) is 0 Å². The molecule has 0 spiro atoms. The monoisotopic (exact) mass is 241 g/mol. The van der Waals surface area contributed by atoms with Crippen molar-refractivity contribution >= 4 is 0 Å². The van der Waals surface area contributed by atoms with Gasteiger partial charge in [0.05, 0.1) is 6.61 Å². The van der Waals surface area contributed by atoms with Crippen molar-refractivity contribution in [1.29, 1.82) is 0 Å². The summed E-state index contributed by atoms with van der Waals surface area (Å²) in [5.74, 6) is 1.47. The third kappa shape index (κ3) is 5.87. The second kappa shape index (κ2) is 8.93. The van der Waals surface area contributed by atoms with Crippen molar-refractivity contribution in [3.8, 4) is 0 Å². The van der Waals surface area contributed by atoms with Crippen molar-refractivity contribution in [3.63, 3.8) is 0 Å². The summed E-state index contributed by atoms with van der Waals surface area (Å²) in [7, 11) is 0. The molecule has 0 heterocycles. The predicted molar refractivity (Wildman–Crippen MR) is 74.1 cm³/mol. The van der Waals surface area contributed by atoms with E-state index in [-0.39, 0.29) is 6.04 Å². The fraction of sp³-hybridized carbons (Fsp3) is 1.00. The van der Waals surface area contributed by atoms with Gasteiger partial charge in [-0.2, -0.15) is 0 Å². The maximum absolute atomic E-state index is 6.18. The molecule has 1 fully saturated rings. The topological polar surface area (TPSA) is 35.2 Å². The summed E-state index contributed by atoms with van der Waals surface area (Å²) in [6, 6.07) is 0.279. The van der Waals surface area contributed by atoms with Gasteiger partial charge < -0.3 is 10.5 Å². The number of unbranched alkanes of at least 4 members (excludes halogenated alkanes) is 1. The van der Waals surface area contributed by atoms with Crippen LogP contribution in [0.5, 0.6) is 0 Å². The molecular formula is C15H31NO. The van der Waals surface area contributed by atoms with Crippen molar-refractivity contribution in [1.82, 2.24) is 0 Å². The molecule has 1 aliphatic carbocycles. The van der Waals surface area contributed by atoms with Gasteiger partial charge in [0.15, 0.2) is 0 Å². The molecule has 2 unspecified atom stereocenters. The summed E-state index contributed by atoms with van der Waals surface area (Å²) in [5, 5.41) is 0. The molecule has 1 rings (SSSR count). The predicted octanol–water partition coefficient (Wildman–Crippen LogP) is 3.74. The summed E-state index contributed by atoms with van der Waals surface area (Å²) in [6.45, 7) is 6.20. The lowest BCUT2D eigenvalue weighted by Crippen LogP contribution is -2.34. The highest BCUT2D eigenvalue weighted by Gasteiger charge is 2.22. The average molecular weight is 241 g/mol. The molecular weight excluding hydrogens is 210 g/mol. The Morgan fingerprint density at radius 3 is 2.47 bits per heavy atom. The Balaban J connectivity index is 2.07. The van der Waals surface area contributed by atoms with E-state index < -0.39 is 0 Å². The van der Waals surface area contributed by atoms with E-state index in [1.54, 1.807) is 0 Å². The van der Waals surface area contributed by atoms with Crippen LogP contribution < -0.4 is 5.73 Å². The van der Waals surface area contributed by atoms with Gasteiger partial charge in [-0.1, -0.05) is 46.0 Å². The van der Waals surface area contributed by atoms with Gasteiger partial charge in [0.25, 0.3) is 0 Å². The second-order valence-corrected chi connectivity index (χ2v) is 5.66. The van der Waals surface area contributed by atoms with Gasteiger partial charge in [-0.3, -0.25) is 0 Å². The van der Waals surface area contributed by atoms with E-state index >= 15 is 0 Å². The van der Waals surface area contributed by atoms with Crippen LogP contribution in [0.25, 0.3) is 0 Å². The van der Waals surface area contributed by atoms with E-state index in [9.17, 15) is 0 Å². The quantitative estimate of drug-likeness (QED) is 0.667. The molecule has 2 atom stereocenters. The highest BCUT2D eigenvalue weighted by Crippen LogP contribution is 2.27. The van der Waals surface area contributed by atoms with E-state index in [0.717, 1.165) is 25.0 Å². The van der Waals surface area contributed by atoms with Gasteiger partial charge in [-0.05, 0) is 31.1 Å². The first-order chi connectivity index (χ1) is 8.27. The molecule has 0 aliphatic heterocycles. The summed E-state index contributed by atoms with van der Waals surface area (Å²) in [4.78, 5) is 0. The van der Waals surface area contributed by atoms with Gasteiger partial charge in [-0.15, -0.1) is 0 Å². The van der Waals surface area contributed by atoms with Crippen LogP contribution in [-0.2, 0) is 4.74 Å². The highest BCUT2D eigenvalue weighted by molar-refractivity contribution is 4.77. The molecule has 0 aromatic carbocycles. The molecule has 2 nitrogen and oxygen atoms in total. The van der Waals surface area contributed by atoms with Crippen LogP contribution in [0.1, 0.15) is 65.2 Å². The van der Waals surface area contributed by atoms with Crippen molar-refractivity contribution in [3.05, 3.63) is 0 Å². The number of nitrogens with two attached hydrogens (primary N) is 1. The molecule has 17 heavy (non-hydrogen) atoms. The van der Waals surface area contributed by atoms with Crippen LogP contribution in [0.15, 0.2) is 0 Å². The summed E-state index contributed by atoms with van der Waals surface area (Å²) in [6.07, 6.45) is 10.5. The smallest absolute Gasteiger partial charge is 0.0620 e. The zero-order chi connectivity index (χ0) is 12.5. The number of ether oxygens (including phenoxy) is 1. The lowest BCUT2D eigenvalue weighted by atomic mass is 9.99. The number of hydrogen-bond donors (Lipinski definition) is 1. The number of hydrogen-bond acceptors (Lipinski definition) is 2. The molecule has 0 amide bonds. The zero-order valence-electron chi connectivity index (χ0n) is 11.8. The Morgan fingerprint density at radius 1 is 1.18 bits per heavy atom. The van der Waals surface area contributed by atoms with Gasteiger partial charge in [0.2, 0.25) is 0 Å². The average Bonchev–Trinajstić information content (AvgIpc) is 2.87. The highest BCUT2D eigenvalue weighted by atomic mass is 16.5. The van der Waals surface area contributed by atoms with Gasteiger partial charge in [-0.25, -0.2) is 0 Å². The summed E-state index contributed by atoms with van der Waals surface area (Å²) >= 11 is 0. The van der Waals surface area contributed by atoms with Crippen LogP contribution in [0, 0.1) is 11.8 Å². The third-order valence-electron chi connectivity index (χ3n) is 4.21. The Bertz CT molecular complexity index is 178. The first-order valence-corrected chi connectivity index (χ1v) is 7.61. The van der Waals surface area contributed by atoms with Crippen LogP contribution >= 0.6 is 0 Å². The normalized spacial score (nSPS) is 20.6. The lowest BCUT2D eigenvalue weighted by molar-refractivity contribution is 0.0730. The molecule has 2 heteroatoms. The first-order valence-electron chi connectivity index (χ1n) is 7.61. The van der Waals surface area contributed by atoms with E-state index in [4.69, 9.17) is 10.5 Å². The van der Waals surface area contributed by atoms with Crippen molar-refractivity contribution in [2.24, 2.45) is 17.6 Å². The van der Waals surface area contributed by atoms with Gasteiger partial charge >= 0.3 is 0 Å². The standard InChI is InChI=1S/C15H31NO/c1-3-5-8-13(4-2)11-17-12-15(16)14-9-6-7-10-14/h13-15H,3-12,16H2,1-2H3. The van der Waals surface area contributed by atoms with Crippen LogP contribution in [-0.4, -0.2) is 19.3 Å². The molecule has 102 valence electrons. The Hall–Kier alpha value is -0.0800. The van der Waals surface area contributed by atoms with Gasteiger partial charge in [0, 0.05) is 12.6 Å². The second-order valence-electron chi connectivity index (χ2n) is 5.66. The van der Waals surface area contributed by atoms with E-state index in [1.165, 1.54) is 51.4 Å². The first kappa shape index (κ1) is 15.0. The lowest BCUT2D eigenvalue weighted by Gasteiger charge is -2.21. The van der Waals surface area contributed by atoms with Gasteiger partial charge in [0.1, 0.15) is 0 Å². The molecule has 1 aliphatic rings. The van der Waals surface area contributed by atoms with Crippen LogP contribution in [0.2, 0.25) is 0 Å². The molecule has 0 aromatic rings. The number of rotatable bonds is 9. The molecule has 0 saturated heterocycles. The van der Waals surface area contributed by atoms with Crippen molar-refractivity contribution in [2.75, 3.05) is 13.2 Å².